The van der Waals surface area contributed by atoms with Crippen LogP contribution in [-0.4, -0.2) is 14.6 Å². The Morgan fingerprint density at radius 3 is 2.52 bits per heavy atom. The third-order valence-corrected chi connectivity index (χ3v) is 5.82. The summed E-state index contributed by atoms with van der Waals surface area (Å²) in [6, 6.07) is 28.5. The van der Waals surface area contributed by atoms with Gasteiger partial charge in [-0.25, -0.2) is 0 Å². The Morgan fingerprint density at radius 1 is 0.828 bits per heavy atom. The summed E-state index contributed by atoms with van der Waals surface area (Å²) in [7, 11) is 0. The molecular weight excluding hydrogens is 378 g/mol. The molecule has 0 aliphatic carbocycles. The maximum Gasteiger partial charge on any atom is 0.196 e. The summed E-state index contributed by atoms with van der Waals surface area (Å²) in [6.45, 7) is 2.11. The van der Waals surface area contributed by atoms with Gasteiger partial charge in [0.05, 0.1) is 5.52 Å². The van der Waals surface area contributed by atoms with E-state index in [1.54, 1.807) is 11.8 Å². The van der Waals surface area contributed by atoms with E-state index in [-0.39, 0.29) is 0 Å². The minimum absolute atomic E-state index is 0.787. The van der Waals surface area contributed by atoms with Gasteiger partial charge in [0, 0.05) is 11.1 Å². The molecule has 5 aromatic rings. The van der Waals surface area contributed by atoms with E-state index in [9.17, 15) is 0 Å². The first-order chi connectivity index (χ1) is 14.3. The number of thioether (sulfide) groups is 1. The molecule has 0 aliphatic heterocycles. The molecule has 4 nitrogen and oxygen atoms in total. The number of hydrogen-bond acceptors (Lipinski definition) is 4. The highest BCUT2D eigenvalue weighted by molar-refractivity contribution is 7.98. The van der Waals surface area contributed by atoms with Crippen LogP contribution >= 0.6 is 11.8 Å². The van der Waals surface area contributed by atoms with Crippen molar-refractivity contribution in [2.45, 2.75) is 17.8 Å². The molecule has 2 heterocycles. The fourth-order valence-electron chi connectivity index (χ4n) is 3.44. The quantitative estimate of drug-likeness (QED) is 0.327. The fourth-order valence-corrected chi connectivity index (χ4v) is 4.33. The van der Waals surface area contributed by atoms with Crippen LogP contribution < -0.4 is 4.74 Å². The predicted molar refractivity (Wildman–Crippen MR) is 118 cm³/mol. The van der Waals surface area contributed by atoms with Gasteiger partial charge in [-0.15, -0.1) is 10.2 Å². The van der Waals surface area contributed by atoms with E-state index in [0.29, 0.717) is 0 Å². The third kappa shape index (κ3) is 3.57. The molecule has 5 heteroatoms. The summed E-state index contributed by atoms with van der Waals surface area (Å²) < 4.78 is 8.09. The Kier molecular flexibility index (Phi) is 4.66. The average molecular weight is 398 g/mol. The average Bonchev–Trinajstić information content (AvgIpc) is 3.16. The summed E-state index contributed by atoms with van der Waals surface area (Å²) in [5.74, 6) is 2.46. The zero-order valence-corrected chi connectivity index (χ0v) is 16.8. The van der Waals surface area contributed by atoms with Crippen molar-refractivity contribution in [1.82, 2.24) is 14.6 Å². The molecule has 0 fully saturated rings. The lowest BCUT2D eigenvalue weighted by molar-refractivity contribution is 0.482. The molecule has 0 amide bonds. The van der Waals surface area contributed by atoms with Gasteiger partial charge in [-0.1, -0.05) is 60.3 Å². The molecule has 0 bridgehead atoms. The standard InChI is InChI=1S/C24H19N3OS/c1-17-14-23-25-26-24(27(23)22-13-6-5-12-21(17)22)29-16-18-8-7-11-20(15-18)28-19-9-3-2-4-10-19/h2-15H,16H2,1H3. The number of benzene rings is 3. The summed E-state index contributed by atoms with van der Waals surface area (Å²) in [4.78, 5) is 0. The minimum Gasteiger partial charge on any atom is -0.457 e. The number of fused-ring (bicyclic) bond motifs is 3. The van der Waals surface area contributed by atoms with Crippen molar-refractivity contribution in [2.24, 2.45) is 0 Å². The largest absolute Gasteiger partial charge is 0.457 e. The normalized spacial score (nSPS) is 11.2. The molecule has 5 rings (SSSR count). The van der Waals surface area contributed by atoms with Crippen molar-refractivity contribution in [3.63, 3.8) is 0 Å². The van der Waals surface area contributed by atoms with Crippen molar-refractivity contribution in [3.8, 4) is 11.5 Å². The summed E-state index contributed by atoms with van der Waals surface area (Å²) in [5.41, 5.74) is 4.40. The predicted octanol–water partition coefficient (Wildman–Crippen LogP) is 6.28. The first-order valence-corrected chi connectivity index (χ1v) is 10.4. The lowest BCUT2D eigenvalue weighted by atomic mass is 10.1. The molecule has 0 saturated carbocycles. The lowest BCUT2D eigenvalue weighted by Gasteiger charge is -2.08. The second-order valence-corrected chi connectivity index (χ2v) is 7.81. The second kappa shape index (κ2) is 7.60. The van der Waals surface area contributed by atoms with E-state index >= 15 is 0 Å². The molecule has 0 saturated heterocycles. The van der Waals surface area contributed by atoms with E-state index in [0.717, 1.165) is 33.6 Å². The van der Waals surface area contributed by atoms with Crippen molar-refractivity contribution in [2.75, 3.05) is 0 Å². The van der Waals surface area contributed by atoms with Crippen LogP contribution in [-0.2, 0) is 5.75 Å². The van der Waals surface area contributed by atoms with Crippen molar-refractivity contribution in [1.29, 1.82) is 0 Å². The zero-order valence-electron chi connectivity index (χ0n) is 15.9. The molecule has 2 aromatic heterocycles. The minimum atomic E-state index is 0.787. The number of pyridine rings is 1. The lowest BCUT2D eigenvalue weighted by Crippen LogP contribution is -1.93. The second-order valence-electron chi connectivity index (χ2n) is 6.87. The van der Waals surface area contributed by atoms with Crippen LogP contribution in [0.1, 0.15) is 11.1 Å². The van der Waals surface area contributed by atoms with Gasteiger partial charge < -0.3 is 4.74 Å². The molecule has 142 valence electrons. The number of ether oxygens (including phenoxy) is 1. The molecule has 0 spiro atoms. The van der Waals surface area contributed by atoms with Gasteiger partial charge in [-0.05, 0) is 54.4 Å². The molecule has 0 atom stereocenters. The Labute approximate surface area is 173 Å². The van der Waals surface area contributed by atoms with Crippen LogP contribution in [0, 0.1) is 6.92 Å². The SMILES string of the molecule is Cc1cc2nnc(SCc3cccc(Oc4ccccc4)c3)n2c2ccccc12. The summed E-state index contributed by atoms with van der Waals surface area (Å²) >= 11 is 1.68. The highest BCUT2D eigenvalue weighted by Gasteiger charge is 2.11. The molecular formula is C24H19N3OS. The van der Waals surface area contributed by atoms with E-state index in [1.807, 2.05) is 42.5 Å². The van der Waals surface area contributed by atoms with Crippen LogP contribution in [0.4, 0.5) is 0 Å². The molecule has 0 radical (unpaired) electrons. The van der Waals surface area contributed by atoms with Crippen LogP contribution in [0.15, 0.2) is 90.1 Å². The van der Waals surface area contributed by atoms with Crippen LogP contribution in [0.25, 0.3) is 16.6 Å². The number of nitrogens with zero attached hydrogens (tertiary/aromatic N) is 3. The number of para-hydroxylation sites is 2. The Hall–Kier alpha value is -3.31. The van der Waals surface area contributed by atoms with Gasteiger partial charge in [-0.3, -0.25) is 4.40 Å². The Bertz CT molecular complexity index is 1300. The number of aryl methyl sites for hydroxylation is 1. The van der Waals surface area contributed by atoms with Gasteiger partial charge in [0.1, 0.15) is 11.5 Å². The van der Waals surface area contributed by atoms with Gasteiger partial charge in [-0.2, -0.15) is 0 Å². The van der Waals surface area contributed by atoms with E-state index in [1.165, 1.54) is 16.5 Å². The summed E-state index contributed by atoms with van der Waals surface area (Å²) in [6.07, 6.45) is 0. The molecule has 0 aliphatic rings. The first kappa shape index (κ1) is 17.8. The van der Waals surface area contributed by atoms with Gasteiger partial charge in [0.2, 0.25) is 0 Å². The maximum atomic E-state index is 5.95. The first-order valence-electron chi connectivity index (χ1n) is 9.46. The topological polar surface area (TPSA) is 39.4 Å². The van der Waals surface area contributed by atoms with Crippen LogP contribution in [0.3, 0.4) is 0 Å². The number of rotatable bonds is 5. The highest BCUT2D eigenvalue weighted by atomic mass is 32.2. The third-order valence-electron chi connectivity index (χ3n) is 4.82. The Morgan fingerprint density at radius 2 is 1.62 bits per heavy atom. The van der Waals surface area contributed by atoms with Crippen molar-refractivity contribution >= 4 is 28.3 Å². The van der Waals surface area contributed by atoms with Gasteiger partial charge in [0.15, 0.2) is 10.8 Å². The van der Waals surface area contributed by atoms with Crippen LogP contribution in [0.5, 0.6) is 11.5 Å². The van der Waals surface area contributed by atoms with Crippen molar-refractivity contribution < 1.29 is 4.74 Å². The van der Waals surface area contributed by atoms with E-state index in [4.69, 9.17) is 4.74 Å². The maximum absolute atomic E-state index is 5.95. The molecule has 0 N–H and O–H groups in total. The monoisotopic (exact) mass is 397 g/mol. The van der Waals surface area contributed by atoms with Crippen LogP contribution in [0.2, 0.25) is 0 Å². The number of hydrogen-bond donors (Lipinski definition) is 0. The van der Waals surface area contributed by atoms with E-state index in [2.05, 4.69) is 64.0 Å². The van der Waals surface area contributed by atoms with E-state index < -0.39 is 0 Å². The number of aromatic nitrogens is 3. The smallest absolute Gasteiger partial charge is 0.196 e. The van der Waals surface area contributed by atoms with Gasteiger partial charge in [0.25, 0.3) is 0 Å². The zero-order chi connectivity index (χ0) is 19.6. The molecule has 0 unspecified atom stereocenters. The molecule has 29 heavy (non-hydrogen) atoms. The fraction of sp³-hybridized carbons (Fsp3) is 0.0833. The highest BCUT2D eigenvalue weighted by Crippen LogP contribution is 2.29. The summed E-state index contributed by atoms with van der Waals surface area (Å²) in [5, 5.41) is 10.9. The van der Waals surface area contributed by atoms with Crippen molar-refractivity contribution in [3.05, 3.63) is 96.1 Å². The molecule has 3 aromatic carbocycles. The Balaban J connectivity index is 1.41. The van der Waals surface area contributed by atoms with Gasteiger partial charge >= 0.3 is 0 Å².